The summed E-state index contributed by atoms with van der Waals surface area (Å²) in [6.07, 6.45) is 1.20. The van der Waals surface area contributed by atoms with Gasteiger partial charge in [0.15, 0.2) is 5.17 Å². The number of thioether (sulfide) groups is 1. The second kappa shape index (κ2) is 6.53. The quantitative estimate of drug-likeness (QED) is 0.922. The molecule has 0 saturated carbocycles. The van der Waals surface area contributed by atoms with Crippen molar-refractivity contribution in [3.8, 4) is 5.75 Å². The summed E-state index contributed by atoms with van der Waals surface area (Å²) in [5.41, 5.74) is 1.45. The molecule has 1 aliphatic heterocycles. The Labute approximate surface area is 126 Å². The summed E-state index contributed by atoms with van der Waals surface area (Å²) in [6, 6.07) is 8.60. The second-order valence-electron chi connectivity index (χ2n) is 6.17. The lowest BCUT2D eigenvalue weighted by molar-refractivity contribution is 0.290. The van der Waals surface area contributed by atoms with Gasteiger partial charge in [-0.05, 0) is 29.5 Å². The lowest BCUT2D eigenvalue weighted by Crippen LogP contribution is -2.46. The average molecular weight is 292 g/mol. The molecule has 1 aromatic rings. The Morgan fingerprint density at radius 1 is 1.40 bits per heavy atom. The fraction of sp³-hybridized carbons (Fsp3) is 0.562. The minimum atomic E-state index is 0.276. The van der Waals surface area contributed by atoms with Crippen LogP contribution in [0.1, 0.15) is 32.8 Å². The van der Waals surface area contributed by atoms with Crippen LogP contribution >= 0.6 is 11.8 Å². The predicted octanol–water partition coefficient (Wildman–Crippen LogP) is 3.69. The minimum absolute atomic E-state index is 0.276. The first-order chi connectivity index (χ1) is 9.49. The maximum atomic E-state index is 5.24. The second-order valence-corrected chi connectivity index (χ2v) is 7.26. The van der Waals surface area contributed by atoms with E-state index in [4.69, 9.17) is 9.73 Å². The van der Waals surface area contributed by atoms with E-state index in [0.717, 1.165) is 16.7 Å². The van der Waals surface area contributed by atoms with Gasteiger partial charge in [0.25, 0.3) is 0 Å². The zero-order valence-electron chi connectivity index (χ0n) is 12.8. The van der Waals surface area contributed by atoms with Gasteiger partial charge in [-0.3, -0.25) is 4.99 Å². The fourth-order valence-electron chi connectivity index (χ4n) is 2.21. The van der Waals surface area contributed by atoms with E-state index in [2.05, 4.69) is 32.2 Å². The van der Waals surface area contributed by atoms with Crippen LogP contribution in [0.15, 0.2) is 29.3 Å². The van der Waals surface area contributed by atoms with Gasteiger partial charge in [-0.15, -0.1) is 0 Å². The standard InChI is InChI=1S/C16H24N2OS/c1-16(2,3)14-8-9-20-15(18-14)17-11-12-6-5-7-13(10-12)19-4/h5-7,10,14H,8-9,11H2,1-4H3,(H,17,18). The van der Waals surface area contributed by atoms with Crippen molar-refractivity contribution in [2.45, 2.75) is 39.8 Å². The Balaban J connectivity index is 2.00. The Kier molecular flexibility index (Phi) is 4.97. The number of aliphatic imine (C=N–C) groups is 1. The van der Waals surface area contributed by atoms with Crippen LogP contribution in [0.3, 0.4) is 0 Å². The van der Waals surface area contributed by atoms with Gasteiger partial charge in [0.05, 0.1) is 13.7 Å². The molecule has 1 saturated heterocycles. The van der Waals surface area contributed by atoms with Crippen LogP contribution in [0.5, 0.6) is 5.75 Å². The lowest BCUT2D eigenvalue weighted by Gasteiger charge is -2.35. The number of ether oxygens (including phenoxy) is 1. The minimum Gasteiger partial charge on any atom is -0.497 e. The average Bonchev–Trinajstić information content (AvgIpc) is 2.45. The summed E-state index contributed by atoms with van der Waals surface area (Å²) in [7, 11) is 1.69. The van der Waals surface area contributed by atoms with E-state index in [-0.39, 0.29) is 5.41 Å². The summed E-state index contributed by atoms with van der Waals surface area (Å²) in [5, 5.41) is 4.64. The molecule has 0 radical (unpaired) electrons. The summed E-state index contributed by atoms with van der Waals surface area (Å²) < 4.78 is 5.24. The Morgan fingerprint density at radius 3 is 2.90 bits per heavy atom. The van der Waals surface area contributed by atoms with Crippen LogP contribution in [0, 0.1) is 5.41 Å². The molecule has 0 aliphatic carbocycles. The molecule has 1 atom stereocenters. The summed E-state index contributed by atoms with van der Waals surface area (Å²) >= 11 is 1.82. The Hall–Kier alpha value is -1.16. The Bertz CT molecular complexity index is 480. The molecule has 0 spiro atoms. The predicted molar refractivity (Wildman–Crippen MR) is 87.6 cm³/mol. The Morgan fingerprint density at radius 2 is 2.20 bits per heavy atom. The van der Waals surface area contributed by atoms with Gasteiger partial charge in [-0.2, -0.15) is 0 Å². The van der Waals surface area contributed by atoms with Crippen molar-refractivity contribution in [1.82, 2.24) is 5.32 Å². The fourth-order valence-corrected chi connectivity index (χ4v) is 3.14. The zero-order chi connectivity index (χ0) is 14.6. The van der Waals surface area contributed by atoms with Crippen molar-refractivity contribution < 1.29 is 4.74 Å². The number of benzene rings is 1. The van der Waals surface area contributed by atoms with Crippen molar-refractivity contribution in [3.63, 3.8) is 0 Å². The van der Waals surface area contributed by atoms with Crippen LogP contribution < -0.4 is 10.1 Å². The highest BCUT2D eigenvalue weighted by Crippen LogP contribution is 2.27. The molecule has 3 nitrogen and oxygen atoms in total. The molecule has 1 heterocycles. The monoisotopic (exact) mass is 292 g/mol. The topological polar surface area (TPSA) is 33.6 Å². The van der Waals surface area contributed by atoms with E-state index < -0.39 is 0 Å². The SMILES string of the molecule is COc1cccc(CN=C2NC(C(C)(C)C)CCS2)c1. The lowest BCUT2D eigenvalue weighted by atomic mass is 9.85. The molecule has 1 aliphatic rings. The summed E-state index contributed by atoms with van der Waals surface area (Å²) in [5.74, 6) is 2.03. The van der Waals surface area contributed by atoms with Crippen molar-refractivity contribution in [1.29, 1.82) is 0 Å². The summed E-state index contributed by atoms with van der Waals surface area (Å²) in [4.78, 5) is 4.71. The van der Waals surface area contributed by atoms with Crippen LogP contribution in [-0.2, 0) is 6.54 Å². The number of amidine groups is 1. The number of nitrogens with zero attached hydrogens (tertiary/aromatic N) is 1. The number of rotatable bonds is 3. The molecule has 1 fully saturated rings. The zero-order valence-corrected chi connectivity index (χ0v) is 13.6. The molecule has 0 aromatic heterocycles. The van der Waals surface area contributed by atoms with E-state index in [0.29, 0.717) is 12.6 Å². The number of hydrogen-bond acceptors (Lipinski definition) is 3. The largest absolute Gasteiger partial charge is 0.497 e. The first kappa shape index (κ1) is 15.2. The normalized spacial score (nSPS) is 21.6. The first-order valence-electron chi connectivity index (χ1n) is 7.06. The molecule has 110 valence electrons. The van der Waals surface area contributed by atoms with Gasteiger partial charge in [0.1, 0.15) is 5.75 Å². The van der Waals surface area contributed by atoms with Crippen molar-refractivity contribution in [3.05, 3.63) is 29.8 Å². The van der Waals surface area contributed by atoms with Gasteiger partial charge in [0.2, 0.25) is 0 Å². The number of methoxy groups -OCH3 is 1. The summed E-state index contributed by atoms with van der Waals surface area (Å²) in [6.45, 7) is 7.53. The number of nitrogens with one attached hydrogen (secondary N) is 1. The molecular formula is C16H24N2OS. The third kappa shape index (κ3) is 4.17. The van der Waals surface area contributed by atoms with Crippen molar-refractivity contribution in [2.75, 3.05) is 12.9 Å². The molecule has 2 rings (SSSR count). The van der Waals surface area contributed by atoms with Crippen LogP contribution in [0.4, 0.5) is 0 Å². The smallest absolute Gasteiger partial charge is 0.157 e. The third-order valence-electron chi connectivity index (χ3n) is 3.53. The van der Waals surface area contributed by atoms with E-state index >= 15 is 0 Å². The molecule has 4 heteroatoms. The highest BCUT2D eigenvalue weighted by molar-refractivity contribution is 8.13. The molecule has 0 amide bonds. The molecule has 1 unspecified atom stereocenters. The highest BCUT2D eigenvalue weighted by Gasteiger charge is 2.28. The van der Waals surface area contributed by atoms with Crippen LogP contribution in [0.2, 0.25) is 0 Å². The maximum absolute atomic E-state index is 5.24. The number of hydrogen-bond donors (Lipinski definition) is 1. The molecule has 20 heavy (non-hydrogen) atoms. The first-order valence-corrected chi connectivity index (χ1v) is 8.04. The van der Waals surface area contributed by atoms with Crippen molar-refractivity contribution in [2.24, 2.45) is 10.4 Å². The van der Waals surface area contributed by atoms with E-state index in [9.17, 15) is 0 Å². The van der Waals surface area contributed by atoms with E-state index in [1.165, 1.54) is 12.0 Å². The van der Waals surface area contributed by atoms with Gasteiger partial charge in [-0.25, -0.2) is 0 Å². The molecule has 1 aromatic carbocycles. The van der Waals surface area contributed by atoms with Crippen LogP contribution in [-0.4, -0.2) is 24.1 Å². The molecule has 1 N–H and O–H groups in total. The van der Waals surface area contributed by atoms with E-state index in [1.54, 1.807) is 7.11 Å². The molecular weight excluding hydrogens is 268 g/mol. The highest BCUT2D eigenvalue weighted by atomic mass is 32.2. The van der Waals surface area contributed by atoms with Gasteiger partial charge < -0.3 is 10.1 Å². The molecule has 0 bridgehead atoms. The van der Waals surface area contributed by atoms with Crippen molar-refractivity contribution >= 4 is 16.9 Å². The van der Waals surface area contributed by atoms with Gasteiger partial charge in [0, 0.05) is 11.8 Å². The maximum Gasteiger partial charge on any atom is 0.157 e. The third-order valence-corrected chi connectivity index (χ3v) is 4.49. The van der Waals surface area contributed by atoms with E-state index in [1.807, 2.05) is 30.0 Å². The van der Waals surface area contributed by atoms with Crippen LogP contribution in [0.25, 0.3) is 0 Å². The van der Waals surface area contributed by atoms with Gasteiger partial charge >= 0.3 is 0 Å². The van der Waals surface area contributed by atoms with Gasteiger partial charge in [-0.1, -0.05) is 44.7 Å².